The van der Waals surface area contributed by atoms with E-state index in [1.54, 1.807) is 0 Å². The number of carbonyl (C=O) groups is 2. The summed E-state index contributed by atoms with van der Waals surface area (Å²) in [7, 11) is 0. The molecule has 164 valence electrons. The highest BCUT2D eigenvalue weighted by Gasteiger charge is 2.34. The van der Waals surface area contributed by atoms with Gasteiger partial charge in [0.15, 0.2) is 4.96 Å². The fourth-order valence-electron chi connectivity index (χ4n) is 3.89. The minimum atomic E-state index is -0.194. The van der Waals surface area contributed by atoms with Crippen molar-refractivity contribution in [3.8, 4) is 10.4 Å². The maximum Gasteiger partial charge on any atom is 0.271 e. The van der Waals surface area contributed by atoms with Crippen molar-refractivity contribution in [2.75, 3.05) is 6.54 Å². The molecule has 1 aliphatic carbocycles. The van der Waals surface area contributed by atoms with Crippen LogP contribution in [0.1, 0.15) is 44.5 Å². The highest BCUT2D eigenvalue weighted by molar-refractivity contribution is 7.15. The number of amides is 2. The number of hydrogen-bond donors (Lipinski definition) is 2. The van der Waals surface area contributed by atoms with Crippen LogP contribution in [0, 0.1) is 19.8 Å². The number of imidazole rings is 1. The van der Waals surface area contributed by atoms with E-state index >= 15 is 0 Å². The zero-order chi connectivity index (χ0) is 22.2. The summed E-state index contributed by atoms with van der Waals surface area (Å²) in [6.45, 7) is 4.12. The van der Waals surface area contributed by atoms with Crippen LogP contribution < -0.4 is 10.6 Å². The summed E-state index contributed by atoms with van der Waals surface area (Å²) in [6.07, 6.45) is 3.94. The molecule has 1 saturated carbocycles. The van der Waals surface area contributed by atoms with Gasteiger partial charge in [0.05, 0.1) is 15.6 Å². The van der Waals surface area contributed by atoms with Crippen LogP contribution in [0.4, 0.5) is 0 Å². The second-order valence-corrected chi connectivity index (χ2v) is 10.1. The molecular weight excluding hydrogens is 442 g/mol. The van der Waals surface area contributed by atoms with Gasteiger partial charge in [-0.05, 0) is 38.2 Å². The Kier molecular flexibility index (Phi) is 5.52. The molecule has 2 N–H and O–H groups in total. The van der Waals surface area contributed by atoms with Crippen molar-refractivity contribution in [2.45, 2.75) is 32.7 Å². The van der Waals surface area contributed by atoms with Crippen molar-refractivity contribution >= 4 is 39.4 Å². The Bertz CT molecular complexity index is 1290. The molecule has 0 unspecified atom stereocenters. The van der Waals surface area contributed by atoms with Crippen LogP contribution in [0.3, 0.4) is 0 Å². The predicted molar refractivity (Wildman–Crippen MR) is 126 cm³/mol. The largest absolute Gasteiger partial charge is 0.349 e. The lowest BCUT2D eigenvalue weighted by molar-refractivity contribution is 0.0898. The van der Waals surface area contributed by atoms with E-state index in [1.165, 1.54) is 22.7 Å². The SMILES string of the molecule is Cc1nc(C(=O)N[C@H](CNC(=O)c2c(C)nc3sccn23)C2CC2)c(-c2ccccc2)s1. The Hall–Kier alpha value is -3.04. The molecule has 0 bridgehead atoms. The van der Waals surface area contributed by atoms with Gasteiger partial charge in [0.1, 0.15) is 11.4 Å². The topological polar surface area (TPSA) is 88.4 Å². The van der Waals surface area contributed by atoms with Gasteiger partial charge in [0.2, 0.25) is 0 Å². The van der Waals surface area contributed by atoms with E-state index in [-0.39, 0.29) is 17.9 Å². The second kappa shape index (κ2) is 8.48. The van der Waals surface area contributed by atoms with E-state index in [2.05, 4.69) is 20.6 Å². The van der Waals surface area contributed by atoms with Gasteiger partial charge in [0, 0.05) is 24.2 Å². The molecule has 7 nitrogen and oxygen atoms in total. The number of benzene rings is 1. The first-order chi connectivity index (χ1) is 15.5. The van der Waals surface area contributed by atoms with Crippen LogP contribution >= 0.6 is 22.7 Å². The van der Waals surface area contributed by atoms with Crippen LogP contribution in [0.2, 0.25) is 0 Å². The molecule has 0 spiro atoms. The zero-order valence-corrected chi connectivity index (χ0v) is 19.4. The molecule has 32 heavy (non-hydrogen) atoms. The molecule has 1 aliphatic rings. The smallest absolute Gasteiger partial charge is 0.271 e. The van der Waals surface area contributed by atoms with Crippen LogP contribution in [0.15, 0.2) is 41.9 Å². The number of carbonyl (C=O) groups excluding carboxylic acids is 2. The number of hydrogen-bond acceptors (Lipinski definition) is 6. The summed E-state index contributed by atoms with van der Waals surface area (Å²) < 4.78 is 1.81. The number of nitrogens with zero attached hydrogens (tertiary/aromatic N) is 3. The number of aryl methyl sites for hydroxylation is 2. The van der Waals surface area contributed by atoms with Crippen molar-refractivity contribution in [3.63, 3.8) is 0 Å². The van der Waals surface area contributed by atoms with Gasteiger partial charge in [-0.15, -0.1) is 22.7 Å². The Morgan fingerprint density at radius 3 is 2.69 bits per heavy atom. The monoisotopic (exact) mass is 465 g/mol. The summed E-state index contributed by atoms with van der Waals surface area (Å²) in [4.78, 5) is 36.7. The van der Waals surface area contributed by atoms with Crippen LogP contribution in [-0.4, -0.2) is 38.8 Å². The van der Waals surface area contributed by atoms with Crippen molar-refractivity contribution in [1.82, 2.24) is 25.0 Å². The maximum absolute atomic E-state index is 13.2. The van der Waals surface area contributed by atoms with Gasteiger partial charge in [0.25, 0.3) is 11.8 Å². The fraction of sp³-hybridized carbons (Fsp3) is 0.304. The third kappa shape index (κ3) is 4.05. The molecule has 0 radical (unpaired) electrons. The quantitative estimate of drug-likeness (QED) is 0.431. The average Bonchev–Trinajstić information content (AvgIpc) is 3.28. The standard InChI is InChI=1S/C23H23N5O2S2/c1-13-19(28-10-11-31-23(28)25-13)22(30)24-12-17(15-8-9-15)27-21(29)18-20(32-14(2)26-18)16-6-4-3-5-7-16/h3-7,10-11,15,17H,8-9,12H2,1-2H3,(H,24,30)(H,27,29)/t17-/m1/s1. The third-order valence-corrected chi connectivity index (χ3v) is 7.40. The van der Waals surface area contributed by atoms with E-state index in [4.69, 9.17) is 0 Å². The molecule has 4 aromatic rings. The molecular formula is C23H23N5O2S2. The van der Waals surface area contributed by atoms with E-state index in [1.807, 2.05) is 60.2 Å². The van der Waals surface area contributed by atoms with Crippen molar-refractivity contribution in [1.29, 1.82) is 0 Å². The highest BCUT2D eigenvalue weighted by Crippen LogP contribution is 2.34. The van der Waals surface area contributed by atoms with Gasteiger partial charge >= 0.3 is 0 Å². The van der Waals surface area contributed by atoms with E-state index in [9.17, 15) is 9.59 Å². The first-order valence-electron chi connectivity index (χ1n) is 10.6. The van der Waals surface area contributed by atoms with E-state index in [0.29, 0.717) is 29.5 Å². The molecule has 0 saturated heterocycles. The van der Waals surface area contributed by atoms with Gasteiger partial charge < -0.3 is 10.6 Å². The summed E-state index contributed by atoms with van der Waals surface area (Å²) in [5, 5.41) is 8.90. The normalized spacial score (nSPS) is 14.4. The molecule has 2 amide bonds. The minimum absolute atomic E-state index is 0.136. The predicted octanol–water partition coefficient (Wildman–Crippen LogP) is 4.07. The summed E-state index contributed by atoms with van der Waals surface area (Å²) >= 11 is 3.01. The van der Waals surface area contributed by atoms with Gasteiger partial charge in [-0.3, -0.25) is 14.0 Å². The molecule has 1 fully saturated rings. The minimum Gasteiger partial charge on any atom is -0.349 e. The van der Waals surface area contributed by atoms with Gasteiger partial charge in [-0.2, -0.15) is 0 Å². The Labute approximate surface area is 193 Å². The first-order valence-corrected chi connectivity index (χ1v) is 12.2. The van der Waals surface area contributed by atoms with Crippen LogP contribution in [-0.2, 0) is 0 Å². The molecule has 0 aliphatic heterocycles. The summed E-state index contributed by atoms with van der Waals surface area (Å²) in [5.74, 6) is -0.00486. The fourth-order valence-corrected chi connectivity index (χ4v) is 5.57. The molecule has 5 rings (SSSR count). The molecule has 9 heteroatoms. The third-order valence-electron chi connectivity index (χ3n) is 5.63. The number of nitrogens with one attached hydrogen (secondary N) is 2. The van der Waals surface area contributed by atoms with Gasteiger partial charge in [-0.1, -0.05) is 30.3 Å². The number of thiazole rings is 2. The lowest BCUT2D eigenvalue weighted by Gasteiger charge is -2.19. The van der Waals surface area contributed by atoms with Crippen molar-refractivity contribution in [2.24, 2.45) is 5.92 Å². The number of rotatable bonds is 7. The Morgan fingerprint density at radius 2 is 1.94 bits per heavy atom. The Balaban J connectivity index is 1.31. The molecule has 3 heterocycles. The van der Waals surface area contributed by atoms with Crippen LogP contribution in [0.5, 0.6) is 0 Å². The van der Waals surface area contributed by atoms with Crippen molar-refractivity contribution < 1.29 is 9.59 Å². The average molecular weight is 466 g/mol. The molecule has 1 atom stereocenters. The number of fused-ring (bicyclic) bond motifs is 1. The lowest BCUT2D eigenvalue weighted by atomic mass is 10.1. The van der Waals surface area contributed by atoms with E-state index < -0.39 is 0 Å². The highest BCUT2D eigenvalue weighted by atomic mass is 32.1. The zero-order valence-electron chi connectivity index (χ0n) is 17.8. The molecule has 3 aromatic heterocycles. The molecule has 1 aromatic carbocycles. The van der Waals surface area contributed by atoms with Crippen molar-refractivity contribution in [3.05, 3.63) is 64.0 Å². The van der Waals surface area contributed by atoms with E-state index in [0.717, 1.165) is 33.3 Å². The van der Waals surface area contributed by atoms with Crippen LogP contribution in [0.25, 0.3) is 15.4 Å². The maximum atomic E-state index is 13.2. The summed E-state index contributed by atoms with van der Waals surface area (Å²) in [6, 6.07) is 9.70. The van der Waals surface area contributed by atoms with Gasteiger partial charge in [-0.25, -0.2) is 9.97 Å². The Morgan fingerprint density at radius 1 is 1.16 bits per heavy atom. The lowest BCUT2D eigenvalue weighted by Crippen LogP contribution is -2.45. The summed E-state index contributed by atoms with van der Waals surface area (Å²) in [5.41, 5.74) is 2.67. The second-order valence-electron chi connectivity index (χ2n) is 8.01. The first kappa shape index (κ1) is 20.8. The number of aromatic nitrogens is 3.